The van der Waals surface area contributed by atoms with E-state index < -0.39 is 8.80 Å². The maximum Gasteiger partial charge on any atom is 0.157 e. The molecule has 1 aliphatic rings. The average molecular weight is 389 g/mol. The maximum absolute atomic E-state index is 5.89. The Kier molecular flexibility index (Phi) is 6.71. The first kappa shape index (κ1) is 19.1. The van der Waals surface area contributed by atoms with Gasteiger partial charge in [0.25, 0.3) is 0 Å². The van der Waals surface area contributed by atoms with Crippen LogP contribution in [0.15, 0.2) is 84.9 Å². The van der Waals surface area contributed by atoms with Gasteiger partial charge in [0.2, 0.25) is 0 Å². The van der Waals surface area contributed by atoms with E-state index in [1.807, 2.05) is 0 Å². The maximum atomic E-state index is 5.89. The molecule has 1 heterocycles. The van der Waals surface area contributed by atoms with E-state index in [-0.39, 0.29) is 6.29 Å². The number of rotatable bonds is 7. The van der Waals surface area contributed by atoms with Gasteiger partial charge in [0, 0.05) is 6.61 Å². The van der Waals surface area contributed by atoms with Crippen molar-refractivity contribution in [2.24, 2.45) is 0 Å². The Morgan fingerprint density at radius 3 is 1.93 bits per heavy atom. The smallest absolute Gasteiger partial charge is 0.157 e. The molecule has 28 heavy (non-hydrogen) atoms. The van der Waals surface area contributed by atoms with Gasteiger partial charge in [-0.2, -0.15) is 0 Å². The Labute approximate surface area is 169 Å². The van der Waals surface area contributed by atoms with Crippen molar-refractivity contribution in [3.63, 3.8) is 0 Å². The minimum atomic E-state index is -1.43. The molecule has 3 heteroatoms. The molecule has 0 N–H and O–H groups in total. The monoisotopic (exact) mass is 388 g/mol. The third-order valence-corrected chi connectivity index (χ3v) is 8.57. The highest BCUT2D eigenvalue weighted by Gasteiger charge is 2.18. The molecule has 1 saturated heterocycles. The second kappa shape index (κ2) is 9.83. The van der Waals surface area contributed by atoms with Gasteiger partial charge in [0.15, 0.2) is 6.29 Å². The molecular weight excluding hydrogens is 360 g/mol. The van der Waals surface area contributed by atoms with Crippen molar-refractivity contribution in [2.45, 2.75) is 32.0 Å². The van der Waals surface area contributed by atoms with Gasteiger partial charge in [-0.25, -0.2) is 0 Å². The molecule has 0 bridgehead atoms. The molecule has 3 aromatic rings. The Hall–Kier alpha value is -2.20. The van der Waals surface area contributed by atoms with Gasteiger partial charge in [-0.05, 0) is 31.2 Å². The number of hydrogen-bond donors (Lipinski definition) is 0. The zero-order chi connectivity index (χ0) is 19.0. The lowest BCUT2D eigenvalue weighted by atomic mass is 10.1. The lowest BCUT2D eigenvalue weighted by Crippen LogP contribution is -2.51. The fourth-order valence-electron chi connectivity index (χ4n) is 3.90. The summed E-state index contributed by atoms with van der Waals surface area (Å²) in [7, 11) is -1.43. The van der Waals surface area contributed by atoms with Crippen LogP contribution in [0.4, 0.5) is 0 Å². The summed E-state index contributed by atoms with van der Waals surface area (Å²) in [5, 5.41) is 4.37. The Bertz CT molecular complexity index is 788. The van der Waals surface area contributed by atoms with Crippen LogP contribution >= 0.6 is 0 Å². The SMILES string of the molecule is c1ccc([SiH](c2ccccc2)c2ccc(CCOC3CCCCO3)cc2)cc1. The Morgan fingerprint density at radius 1 is 0.750 bits per heavy atom. The van der Waals surface area contributed by atoms with Gasteiger partial charge in [-0.1, -0.05) is 100 Å². The van der Waals surface area contributed by atoms with Crippen LogP contribution in [0.1, 0.15) is 24.8 Å². The molecule has 1 aliphatic heterocycles. The summed E-state index contributed by atoms with van der Waals surface area (Å²) in [6.07, 6.45) is 4.34. The third-order valence-electron chi connectivity index (χ3n) is 5.41. The lowest BCUT2D eigenvalue weighted by Gasteiger charge is -2.22. The first-order valence-electron chi connectivity index (χ1n) is 10.3. The summed E-state index contributed by atoms with van der Waals surface area (Å²) in [5.74, 6) is 0. The van der Waals surface area contributed by atoms with E-state index in [9.17, 15) is 0 Å². The molecule has 2 nitrogen and oxygen atoms in total. The molecule has 4 rings (SSSR count). The molecule has 1 unspecified atom stereocenters. The molecule has 0 radical (unpaired) electrons. The van der Waals surface area contributed by atoms with E-state index in [0.717, 1.165) is 32.5 Å². The van der Waals surface area contributed by atoms with Crippen LogP contribution in [0, 0.1) is 0 Å². The van der Waals surface area contributed by atoms with Crippen LogP contribution in [0.25, 0.3) is 0 Å². The van der Waals surface area contributed by atoms with Crippen LogP contribution in [0.3, 0.4) is 0 Å². The molecule has 0 aromatic heterocycles. The van der Waals surface area contributed by atoms with E-state index >= 15 is 0 Å². The molecule has 0 saturated carbocycles. The summed E-state index contributed by atoms with van der Waals surface area (Å²) < 4.78 is 11.5. The van der Waals surface area contributed by atoms with Crippen molar-refractivity contribution < 1.29 is 9.47 Å². The second-order valence-corrected chi connectivity index (χ2v) is 10.3. The zero-order valence-corrected chi connectivity index (χ0v) is 17.5. The molecule has 3 aromatic carbocycles. The van der Waals surface area contributed by atoms with Crippen LogP contribution in [-0.4, -0.2) is 28.3 Å². The van der Waals surface area contributed by atoms with E-state index in [1.54, 1.807) is 0 Å². The molecular formula is C25H28O2Si. The molecule has 0 amide bonds. The van der Waals surface area contributed by atoms with Gasteiger partial charge in [0.1, 0.15) is 8.80 Å². The lowest BCUT2D eigenvalue weighted by molar-refractivity contribution is -0.161. The fourth-order valence-corrected chi connectivity index (χ4v) is 6.84. The van der Waals surface area contributed by atoms with E-state index in [1.165, 1.54) is 27.5 Å². The number of ether oxygens (including phenoxy) is 2. The predicted molar refractivity (Wildman–Crippen MR) is 119 cm³/mol. The van der Waals surface area contributed by atoms with E-state index in [0.29, 0.717) is 0 Å². The van der Waals surface area contributed by atoms with Crippen LogP contribution < -0.4 is 15.6 Å². The first-order chi connectivity index (χ1) is 13.9. The molecule has 0 spiro atoms. The standard InChI is InChI=1S/C25H28O2Si/c1-3-9-22(10-4-1)28(23-11-5-2-6-12-23)24-16-14-21(15-17-24)18-20-27-25-13-7-8-19-26-25/h1-6,9-12,14-17,25,28H,7-8,13,18-20H2. The number of benzene rings is 3. The van der Waals surface area contributed by atoms with Crippen molar-refractivity contribution in [1.82, 2.24) is 0 Å². The molecule has 144 valence electrons. The van der Waals surface area contributed by atoms with Crippen molar-refractivity contribution in [1.29, 1.82) is 0 Å². The van der Waals surface area contributed by atoms with Crippen molar-refractivity contribution in [3.05, 3.63) is 90.5 Å². The molecule has 1 atom stereocenters. The minimum Gasteiger partial charge on any atom is -0.353 e. The van der Waals surface area contributed by atoms with Crippen LogP contribution in [0.2, 0.25) is 0 Å². The van der Waals surface area contributed by atoms with Crippen LogP contribution in [0.5, 0.6) is 0 Å². The molecule has 1 fully saturated rings. The Morgan fingerprint density at radius 2 is 1.36 bits per heavy atom. The van der Waals surface area contributed by atoms with Crippen molar-refractivity contribution >= 4 is 24.4 Å². The number of hydrogen-bond acceptors (Lipinski definition) is 2. The summed E-state index contributed by atoms with van der Waals surface area (Å²) in [5.41, 5.74) is 1.33. The van der Waals surface area contributed by atoms with Gasteiger partial charge in [0.05, 0.1) is 6.61 Å². The fraction of sp³-hybridized carbons (Fsp3) is 0.280. The molecule has 0 aliphatic carbocycles. The highest BCUT2D eigenvalue weighted by molar-refractivity contribution is 6.95. The third kappa shape index (κ3) is 4.99. The minimum absolute atomic E-state index is 0.000900. The average Bonchev–Trinajstić information content (AvgIpc) is 2.77. The quantitative estimate of drug-likeness (QED) is 0.458. The highest BCUT2D eigenvalue weighted by atomic mass is 28.3. The normalized spacial score (nSPS) is 17.0. The van der Waals surface area contributed by atoms with Crippen molar-refractivity contribution in [3.8, 4) is 0 Å². The summed E-state index contributed by atoms with van der Waals surface area (Å²) in [6, 6.07) is 31.1. The van der Waals surface area contributed by atoms with Crippen LogP contribution in [-0.2, 0) is 15.9 Å². The first-order valence-corrected chi connectivity index (χ1v) is 12.1. The topological polar surface area (TPSA) is 18.5 Å². The summed E-state index contributed by atoms with van der Waals surface area (Å²) >= 11 is 0. The van der Waals surface area contributed by atoms with Gasteiger partial charge in [-0.15, -0.1) is 0 Å². The Balaban J connectivity index is 1.45. The van der Waals surface area contributed by atoms with Gasteiger partial charge >= 0.3 is 0 Å². The van der Waals surface area contributed by atoms with Crippen molar-refractivity contribution in [2.75, 3.05) is 13.2 Å². The van der Waals surface area contributed by atoms with Gasteiger partial charge in [-0.3, -0.25) is 0 Å². The summed E-state index contributed by atoms with van der Waals surface area (Å²) in [6.45, 7) is 1.56. The zero-order valence-electron chi connectivity index (χ0n) is 16.3. The summed E-state index contributed by atoms with van der Waals surface area (Å²) in [4.78, 5) is 0. The van der Waals surface area contributed by atoms with Gasteiger partial charge < -0.3 is 9.47 Å². The van der Waals surface area contributed by atoms with E-state index in [4.69, 9.17) is 9.47 Å². The highest BCUT2D eigenvalue weighted by Crippen LogP contribution is 2.14. The largest absolute Gasteiger partial charge is 0.353 e. The second-order valence-electron chi connectivity index (χ2n) is 7.41. The predicted octanol–water partition coefficient (Wildman–Crippen LogP) is 3.02. The van der Waals surface area contributed by atoms with E-state index in [2.05, 4.69) is 84.9 Å².